The normalized spacial score (nSPS) is 21.4. The molecule has 0 bridgehead atoms. The van der Waals surface area contributed by atoms with Crippen LogP contribution in [0.3, 0.4) is 0 Å². The number of rotatable bonds is 3. The lowest BCUT2D eigenvalue weighted by Gasteiger charge is -2.20. The molecule has 1 N–H and O–H groups in total. The number of sulfone groups is 1. The van der Waals surface area contributed by atoms with Crippen LogP contribution in [0.5, 0.6) is 0 Å². The second kappa shape index (κ2) is 5.10. The summed E-state index contributed by atoms with van der Waals surface area (Å²) in [4.78, 5) is 11.1. The van der Waals surface area contributed by atoms with E-state index in [1.54, 1.807) is 16.7 Å². The summed E-state index contributed by atoms with van der Waals surface area (Å²) >= 11 is 0. The summed E-state index contributed by atoms with van der Waals surface area (Å²) in [6.07, 6.45) is 3.70. The van der Waals surface area contributed by atoms with Crippen LogP contribution in [-0.4, -0.2) is 45.6 Å². The van der Waals surface area contributed by atoms with Crippen LogP contribution in [0.1, 0.15) is 29.0 Å². The number of nitrogens with zero attached hydrogens (tertiary/aromatic N) is 3. The van der Waals surface area contributed by atoms with Gasteiger partial charge in [-0.3, -0.25) is 4.40 Å². The lowest BCUT2D eigenvalue weighted by Crippen LogP contribution is -2.27. The first-order valence-corrected chi connectivity index (χ1v) is 8.55. The molecule has 1 aliphatic rings. The molecule has 1 saturated heterocycles. The molecule has 0 radical (unpaired) electrons. The molecule has 1 fully saturated rings. The summed E-state index contributed by atoms with van der Waals surface area (Å²) in [6.45, 7) is 0. The molecule has 0 amide bonds. The number of pyridine rings is 1. The van der Waals surface area contributed by atoms with Crippen LogP contribution in [-0.2, 0) is 16.3 Å². The molecular formula is C13H15N3O4S. The number of carboxylic acid groups (broad SMARTS) is 1. The Morgan fingerprint density at radius 3 is 2.95 bits per heavy atom. The number of hydrogen-bond donors (Lipinski definition) is 1. The smallest absolute Gasteiger partial charge is 0.339 e. The van der Waals surface area contributed by atoms with Gasteiger partial charge in [-0.15, -0.1) is 10.2 Å². The summed E-state index contributed by atoms with van der Waals surface area (Å²) in [5.74, 6) is -0.00652. The lowest BCUT2D eigenvalue weighted by atomic mass is 10.0. The fraction of sp³-hybridized carbons (Fsp3) is 0.462. The van der Waals surface area contributed by atoms with Gasteiger partial charge in [0.15, 0.2) is 15.5 Å². The molecule has 2 aromatic rings. The van der Waals surface area contributed by atoms with Crippen LogP contribution >= 0.6 is 0 Å². The molecule has 21 heavy (non-hydrogen) atoms. The quantitative estimate of drug-likeness (QED) is 0.899. The summed E-state index contributed by atoms with van der Waals surface area (Å²) in [5, 5.41) is 17.1. The van der Waals surface area contributed by atoms with Gasteiger partial charge in [0.1, 0.15) is 11.4 Å². The van der Waals surface area contributed by atoms with E-state index >= 15 is 0 Å². The van der Waals surface area contributed by atoms with Gasteiger partial charge in [0.2, 0.25) is 0 Å². The van der Waals surface area contributed by atoms with Crippen molar-refractivity contribution in [3.8, 4) is 0 Å². The Morgan fingerprint density at radius 1 is 1.43 bits per heavy atom. The predicted octanol–water partition coefficient (Wildman–Crippen LogP) is 0.795. The van der Waals surface area contributed by atoms with E-state index < -0.39 is 15.8 Å². The average molecular weight is 309 g/mol. The third-order valence-corrected chi connectivity index (χ3v) is 5.65. The fourth-order valence-electron chi connectivity index (χ4n) is 2.81. The van der Waals surface area contributed by atoms with E-state index in [0.29, 0.717) is 24.3 Å². The first-order chi connectivity index (χ1) is 9.96. The minimum absolute atomic E-state index is 0.0182. The highest BCUT2D eigenvalue weighted by atomic mass is 32.2. The number of carbonyl (C=O) groups is 1. The molecule has 8 heteroatoms. The molecule has 0 saturated carbocycles. The molecule has 1 unspecified atom stereocenters. The van der Waals surface area contributed by atoms with Gasteiger partial charge in [0.25, 0.3) is 0 Å². The van der Waals surface area contributed by atoms with Gasteiger partial charge in [0, 0.05) is 12.6 Å². The maximum absolute atomic E-state index is 11.7. The topological polar surface area (TPSA) is 102 Å². The number of aromatic carboxylic acids is 1. The molecule has 1 aliphatic heterocycles. The molecule has 0 aliphatic carbocycles. The highest BCUT2D eigenvalue weighted by molar-refractivity contribution is 7.91. The third-order valence-electron chi connectivity index (χ3n) is 3.76. The van der Waals surface area contributed by atoms with Gasteiger partial charge >= 0.3 is 5.97 Å². The van der Waals surface area contributed by atoms with Crippen molar-refractivity contribution in [1.29, 1.82) is 0 Å². The van der Waals surface area contributed by atoms with Crippen LogP contribution in [0, 0.1) is 5.92 Å². The highest BCUT2D eigenvalue weighted by Gasteiger charge is 2.26. The van der Waals surface area contributed by atoms with Gasteiger partial charge in [-0.2, -0.15) is 0 Å². The molecule has 0 spiro atoms. The van der Waals surface area contributed by atoms with Gasteiger partial charge in [0.05, 0.1) is 11.5 Å². The molecule has 1 atom stereocenters. The van der Waals surface area contributed by atoms with Crippen LogP contribution < -0.4 is 0 Å². The minimum Gasteiger partial charge on any atom is -0.478 e. The first kappa shape index (κ1) is 14.0. The molecule has 112 valence electrons. The van der Waals surface area contributed by atoms with E-state index in [-0.39, 0.29) is 23.0 Å². The zero-order valence-corrected chi connectivity index (χ0v) is 12.1. The standard InChI is InChI=1S/C13H15N3O4S/c17-13(18)10-4-1-5-16-11(14-15-12(10)16)7-9-3-2-6-21(19,20)8-9/h1,4-5,9H,2-3,6-8H2,(H,17,18). The Balaban J connectivity index is 1.92. The van der Waals surface area contributed by atoms with Gasteiger partial charge in [-0.05, 0) is 30.9 Å². The molecule has 3 rings (SSSR count). The van der Waals surface area contributed by atoms with E-state index in [0.717, 1.165) is 6.42 Å². The van der Waals surface area contributed by atoms with Gasteiger partial charge < -0.3 is 5.11 Å². The van der Waals surface area contributed by atoms with Crippen LogP contribution in [0.25, 0.3) is 5.65 Å². The van der Waals surface area contributed by atoms with Gasteiger partial charge in [-0.1, -0.05) is 0 Å². The average Bonchev–Trinajstić information content (AvgIpc) is 2.80. The third kappa shape index (κ3) is 2.76. The van der Waals surface area contributed by atoms with E-state index in [2.05, 4.69) is 10.2 Å². The lowest BCUT2D eigenvalue weighted by molar-refractivity contribution is 0.0698. The molecule has 2 aromatic heterocycles. The fourth-order valence-corrected chi connectivity index (χ4v) is 4.58. The maximum Gasteiger partial charge on any atom is 0.339 e. The van der Waals surface area contributed by atoms with Crippen molar-refractivity contribution in [3.63, 3.8) is 0 Å². The van der Waals surface area contributed by atoms with E-state index in [9.17, 15) is 13.2 Å². The Kier molecular flexibility index (Phi) is 3.40. The van der Waals surface area contributed by atoms with E-state index in [1.165, 1.54) is 6.07 Å². The number of aromatic nitrogens is 3. The Bertz CT molecular complexity index is 797. The van der Waals surface area contributed by atoms with Crippen molar-refractivity contribution in [1.82, 2.24) is 14.6 Å². The monoisotopic (exact) mass is 309 g/mol. The summed E-state index contributed by atoms with van der Waals surface area (Å²) in [5.41, 5.74) is 0.381. The number of fused-ring (bicyclic) bond motifs is 1. The van der Waals surface area contributed by atoms with Crippen molar-refractivity contribution < 1.29 is 18.3 Å². The van der Waals surface area contributed by atoms with Crippen LogP contribution in [0.2, 0.25) is 0 Å². The maximum atomic E-state index is 11.7. The number of carboxylic acids is 1. The zero-order valence-electron chi connectivity index (χ0n) is 11.3. The Hall–Kier alpha value is -1.96. The summed E-state index contributed by atoms with van der Waals surface area (Å²) in [6, 6.07) is 3.10. The predicted molar refractivity (Wildman–Crippen MR) is 75.0 cm³/mol. The summed E-state index contributed by atoms with van der Waals surface area (Å²) < 4.78 is 25.0. The van der Waals surface area contributed by atoms with Crippen LogP contribution in [0.15, 0.2) is 18.3 Å². The summed E-state index contributed by atoms with van der Waals surface area (Å²) in [7, 11) is -2.96. The second-order valence-corrected chi connectivity index (χ2v) is 7.59. The molecule has 3 heterocycles. The zero-order chi connectivity index (χ0) is 15.0. The molecular weight excluding hydrogens is 294 g/mol. The Morgan fingerprint density at radius 2 is 2.24 bits per heavy atom. The van der Waals surface area contributed by atoms with Gasteiger partial charge in [-0.25, -0.2) is 13.2 Å². The van der Waals surface area contributed by atoms with Crippen molar-refractivity contribution in [2.45, 2.75) is 19.3 Å². The first-order valence-electron chi connectivity index (χ1n) is 6.72. The Labute approximate surface area is 121 Å². The van der Waals surface area contributed by atoms with Crippen LogP contribution in [0.4, 0.5) is 0 Å². The largest absolute Gasteiger partial charge is 0.478 e. The van der Waals surface area contributed by atoms with E-state index in [4.69, 9.17) is 5.11 Å². The minimum atomic E-state index is -2.96. The van der Waals surface area contributed by atoms with Crippen molar-refractivity contribution in [3.05, 3.63) is 29.7 Å². The SMILES string of the molecule is O=C(O)c1cccn2c(CC3CCCS(=O)(=O)C3)nnc12. The molecule has 0 aromatic carbocycles. The number of hydrogen-bond acceptors (Lipinski definition) is 5. The second-order valence-electron chi connectivity index (χ2n) is 5.36. The molecule has 7 nitrogen and oxygen atoms in total. The van der Waals surface area contributed by atoms with Crippen molar-refractivity contribution in [2.75, 3.05) is 11.5 Å². The van der Waals surface area contributed by atoms with Crippen molar-refractivity contribution in [2.24, 2.45) is 5.92 Å². The van der Waals surface area contributed by atoms with E-state index in [1.807, 2.05) is 0 Å². The van der Waals surface area contributed by atoms with Crippen molar-refractivity contribution >= 4 is 21.5 Å². The highest BCUT2D eigenvalue weighted by Crippen LogP contribution is 2.22.